The second-order valence-electron chi connectivity index (χ2n) is 6.12. The van der Waals surface area contributed by atoms with Gasteiger partial charge in [-0.1, -0.05) is 79.9 Å². The van der Waals surface area contributed by atoms with E-state index in [0.717, 1.165) is 32.6 Å². The molecule has 0 radical (unpaired) electrons. The second kappa shape index (κ2) is 9.20. The van der Waals surface area contributed by atoms with Crippen LogP contribution in [0.15, 0.2) is 90.9 Å². The Morgan fingerprint density at radius 2 is 1.82 bits per heavy atom. The lowest BCUT2D eigenvalue weighted by Crippen LogP contribution is -2.24. The quantitative estimate of drug-likeness (QED) is 0.422. The van der Waals surface area contributed by atoms with E-state index in [0.29, 0.717) is 12.1 Å². The van der Waals surface area contributed by atoms with E-state index in [1.165, 1.54) is 11.8 Å². The van der Waals surface area contributed by atoms with Crippen LogP contribution < -0.4 is 5.32 Å². The van der Waals surface area contributed by atoms with Gasteiger partial charge in [0.15, 0.2) is 0 Å². The molecule has 1 amide bonds. The van der Waals surface area contributed by atoms with E-state index in [1.807, 2.05) is 66.9 Å². The van der Waals surface area contributed by atoms with E-state index >= 15 is 0 Å². The minimum absolute atomic E-state index is 0.116. The molecule has 1 heterocycles. The first kappa shape index (κ1) is 19.6. The Morgan fingerprint density at radius 1 is 1.11 bits per heavy atom. The number of aromatic nitrogens is 1. The smallest absolute Gasteiger partial charge is 0.253 e. The van der Waals surface area contributed by atoms with Gasteiger partial charge in [0.05, 0.1) is 16.8 Å². The van der Waals surface area contributed by atoms with Crippen molar-refractivity contribution < 1.29 is 4.79 Å². The fourth-order valence-corrected chi connectivity index (χ4v) is 3.82. The number of hydrogen-bond acceptors (Lipinski definition) is 3. The summed E-state index contributed by atoms with van der Waals surface area (Å²) in [6, 6.07) is 17.6. The number of pyridine rings is 1. The average molecular weight is 387 g/mol. The van der Waals surface area contributed by atoms with E-state index in [4.69, 9.17) is 4.98 Å². The van der Waals surface area contributed by atoms with Crippen molar-refractivity contribution in [3.8, 4) is 0 Å². The minimum Gasteiger partial charge on any atom is -0.348 e. The maximum Gasteiger partial charge on any atom is 0.253 e. The fourth-order valence-electron chi connectivity index (χ4n) is 3.05. The molecule has 0 bridgehead atoms. The Kier molecular flexibility index (Phi) is 6.45. The normalized spacial score (nSPS) is 11.2. The molecule has 0 aliphatic carbocycles. The molecule has 3 rings (SSSR count). The summed E-state index contributed by atoms with van der Waals surface area (Å²) in [6.45, 7) is 8.14. The van der Waals surface area contributed by atoms with Crippen molar-refractivity contribution in [1.82, 2.24) is 10.3 Å². The third-order valence-corrected chi connectivity index (χ3v) is 5.17. The molecule has 0 aliphatic rings. The summed E-state index contributed by atoms with van der Waals surface area (Å²) < 4.78 is 0. The van der Waals surface area contributed by atoms with Gasteiger partial charge in [0.2, 0.25) is 0 Å². The molecule has 0 spiro atoms. The van der Waals surface area contributed by atoms with Crippen molar-refractivity contribution in [1.29, 1.82) is 0 Å². The molecule has 4 heteroatoms. The van der Waals surface area contributed by atoms with Crippen LogP contribution >= 0.6 is 11.8 Å². The summed E-state index contributed by atoms with van der Waals surface area (Å²) in [5.41, 5.74) is 4.05. The van der Waals surface area contributed by atoms with Crippen LogP contribution in [0.2, 0.25) is 0 Å². The molecular formula is C24H22N2OS. The molecule has 0 unspecified atom stereocenters. The molecule has 1 N–H and O–H groups in total. The number of carbonyl (C=O) groups is 1. The zero-order valence-electron chi connectivity index (χ0n) is 15.8. The first-order valence-corrected chi connectivity index (χ1v) is 10.2. The molecule has 0 saturated carbocycles. The largest absolute Gasteiger partial charge is 0.348 e. The van der Waals surface area contributed by atoms with Crippen LogP contribution in [0.25, 0.3) is 16.5 Å². The van der Waals surface area contributed by atoms with Gasteiger partial charge in [-0.05, 0) is 17.9 Å². The highest BCUT2D eigenvalue weighted by molar-refractivity contribution is 7.98. The summed E-state index contributed by atoms with van der Waals surface area (Å²) in [4.78, 5) is 18.9. The lowest BCUT2D eigenvalue weighted by atomic mass is 10.0. The maximum atomic E-state index is 13.2. The van der Waals surface area contributed by atoms with E-state index in [-0.39, 0.29) is 5.91 Å². The van der Waals surface area contributed by atoms with Crippen molar-refractivity contribution in [2.45, 2.75) is 11.4 Å². The third kappa shape index (κ3) is 4.07. The van der Waals surface area contributed by atoms with Crippen LogP contribution in [0, 0.1) is 0 Å². The lowest BCUT2D eigenvalue weighted by Gasteiger charge is -2.16. The molecule has 0 saturated heterocycles. The average Bonchev–Trinajstić information content (AvgIpc) is 2.75. The topological polar surface area (TPSA) is 42.0 Å². The number of thioether (sulfide) groups is 1. The van der Waals surface area contributed by atoms with Crippen LogP contribution in [0.5, 0.6) is 0 Å². The summed E-state index contributed by atoms with van der Waals surface area (Å²) in [7, 11) is 0. The molecule has 1 aromatic heterocycles. The Hall–Kier alpha value is -3.11. The van der Waals surface area contributed by atoms with Crippen molar-refractivity contribution in [2.24, 2.45) is 0 Å². The molecule has 28 heavy (non-hydrogen) atoms. The first-order valence-electron chi connectivity index (χ1n) is 8.94. The third-order valence-electron chi connectivity index (χ3n) is 4.37. The molecule has 3 nitrogen and oxygen atoms in total. The first-order chi connectivity index (χ1) is 13.7. The summed E-state index contributed by atoms with van der Waals surface area (Å²) >= 11 is 1.51. The highest BCUT2D eigenvalue weighted by Gasteiger charge is 2.21. The van der Waals surface area contributed by atoms with Gasteiger partial charge in [0, 0.05) is 22.4 Å². The van der Waals surface area contributed by atoms with Gasteiger partial charge in [0.25, 0.3) is 5.91 Å². The minimum atomic E-state index is -0.116. The number of nitrogens with zero attached hydrogens (tertiary/aromatic N) is 1. The number of hydrogen-bond donors (Lipinski definition) is 1. The molecule has 0 atom stereocenters. The van der Waals surface area contributed by atoms with Gasteiger partial charge in [-0.3, -0.25) is 4.79 Å². The highest BCUT2D eigenvalue weighted by atomic mass is 32.2. The van der Waals surface area contributed by atoms with Gasteiger partial charge in [-0.25, -0.2) is 4.98 Å². The zero-order valence-corrected chi connectivity index (χ0v) is 16.6. The number of amides is 1. The standard InChI is InChI=1S/C24H22N2OS/c1-4-11-18(5-2)22-23(28-3)21(19-14-9-10-15-20(19)26-22)24(27)25-16-17-12-7-6-8-13-17/h4-15H,1-2,16H2,3H3,(H,25,27)/b18-11+. The van der Waals surface area contributed by atoms with Gasteiger partial charge >= 0.3 is 0 Å². The van der Waals surface area contributed by atoms with Crippen molar-refractivity contribution in [3.05, 3.63) is 103 Å². The van der Waals surface area contributed by atoms with Gasteiger partial charge in [-0.15, -0.1) is 11.8 Å². The Labute approximate surface area is 169 Å². The van der Waals surface area contributed by atoms with E-state index < -0.39 is 0 Å². The van der Waals surface area contributed by atoms with Crippen molar-refractivity contribution >= 4 is 34.1 Å². The van der Waals surface area contributed by atoms with Crippen LogP contribution in [0.4, 0.5) is 0 Å². The molecular weight excluding hydrogens is 364 g/mol. The van der Waals surface area contributed by atoms with E-state index in [1.54, 1.807) is 12.2 Å². The number of benzene rings is 2. The number of fused-ring (bicyclic) bond motifs is 1. The molecule has 3 aromatic rings. The van der Waals surface area contributed by atoms with Gasteiger partial charge in [0.1, 0.15) is 0 Å². The molecule has 2 aromatic carbocycles. The monoisotopic (exact) mass is 386 g/mol. The Morgan fingerprint density at radius 3 is 2.50 bits per heavy atom. The van der Waals surface area contributed by atoms with Crippen LogP contribution in [-0.2, 0) is 6.54 Å². The summed E-state index contributed by atoms with van der Waals surface area (Å²) in [6.07, 6.45) is 7.25. The van der Waals surface area contributed by atoms with Crippen molar-refractivity contribution in [2.75, 3.05) is 6.26 Å². The fraction of sp³-hybridized carbons (Fsp3) is 0.0833. The molecule has 0 aliphatic heterocycles. The van der Waals surface area contributed by atoms with Crippen LogP contribution in [0.3, 0.4) is 0 Å². The highest BCUT2D eigenvalue weighted by Crippen LogP contribution is 2.34. The predicted molar refractivity (Wildman–Crippen MR) is 120 cm³/mol. The number of rotatable bonds is 7. The number of allylic oxidation sites excluding steroid dienone is 4. The number of carbonyl (C=O) groups excluding carboxylic acids is 1. The SMILES string of the molecule is C=C/C=C(\C=C)c1nc2ccccc2c(C(=O)NCc2ccccc2)c1SC. The predicted octanol–water partition coefficient (Wildman–Crippen LogP) is 5.64. The Bertz CT molecular complexity index is 1050. The lowest BCUT2D eigenvalue weighted by molar-refractivity contribution is 0.0949. The maximum absolute atomic E-state index is 13.2. The number of nitrogens with one attached hydrogen (secondary N) is 1. The van der Waals surface area contributed by atoms with E-state index in [2.05, 4.69) is 18.5 Å². The van der Waals surface area contributed by atoms with Crippen LogP contribution in [0.1, 0.15) is 21.6 Å². The van der Waals surface area contributed by atoms with Crippen LogP contribution in [-0.4, -0.2) is 17.1 Å². The van der Waals surface area contributed by atoms with Gasteiger partial charge < -0.3 is 5.32 Å². The van der Waals surface area contributed by atoms with Crippen molar-refractivity contribution in [3.63, 3.8) is 0 Å². The second-order valence-corrected chi connectivity index (χ2v) is 6.93. The number of para-hydroxylation sites is 1. The Balaban J connectivity index is 2.13. The zero-order chi connectivity index (χ0) is 19.9. The molecule has 140 valence electrons. The van der Waals surface area contributed by atoms with Gasteiger partial charge in [-0.2, -0.15) is 0 Å². The summed E-state index contributed by atoms with van der Waals surface area (Å²) in [5, 5.41) is 3.89. The molecule has 0 fully saturated rings. The van der Waals surface area contributed by atoms with E-state index in [9.17, 15) is 4.79 Å². The summed E-state index contributed by atoms with van der Waals surface area (Å²) in [5.74, 6) is -0.116.